The van der Waals surface area contributed by atoms with Crippen molar-refractivity contribution in [2.24, 2.45) is 5.92 Å². The predicted octanol–water partition coefficient (Wildman–Crippen LogP) is 1.69. The van der Waals surface area contributed by atoms with Crippen LogP contribution in [0.4, 0.5) is 11.5 Å². The molecule has 0 unspecified atom stereocenters. The Labute approximate surface area is 124 Å². The van der Waals surface area contributed by atoms with Gasteiger partial charge in [-0.15, -0.1) is 0 Å². The van der Waals surface area contributed by atoms with Crippen LogP contribution in [0.3, 0.4) is 0 Å². The zero-order valence-electron chi connectivity index (χ0n) is 13.0. The minimum absolute atomic E-state index is 0.0283. The normalized spacial score (nSPS) is 10.7. The fourth-order valence-corrected chi connectivity index (χ4v) is 1.90. The van der Waals surface area contributed by atoms with Gasteiger partial charge in [0.2, 0.25) is 11.7 Å². The Morgan fingerprint density at radius 2 is 2.14 bits per heavy atom. The van der Waals surface area contributed by atoms with Gasteiger partial charge in [-0.2, -0.15) is 5.10 Å². The molecule has 2 N–H and O–H groups in total. The van der Waals surface area contributed by atoms with E-state index >= 15 is 0 Å². The number of nitrogens with zero attached hydrogens (tertiary/aromatic N) is 3. The van der Waals surface area contributed by atoms with Gasteiger partial charge in [0.15, 0.2) is 0 Å². The van der Waals surface area contributed by atoms with Gasteiger partial charge in [-0.1, -0.05) is 13.8 Å². The molecule has 0 radical (unpaired) electrons. The monoisotopic (exact) mass is 297 g/mol. The Morgan fingerprint density at radius 3 is 2.67 bits per heavy atom. The molecule has 1 rings (SSSR count). The Kier molecular flexibility index (Phi) is 6.13. The fourth-order valence-electron chi connectivity index (χ4n) is 1.90. The molecule has 21 heavy (non-hydrogen) atoms. The van der Waals surface area contributed by atoms with Crippen molar-refractivity contribution in [1.82, 2.24) is 15.1 Å². The Balaban J connectivity index is 2.63. The van der Waals surface area contributed by atoms with Crippen molar-refractivity contribution in [2.75, 3.05) is 18.4 Å². The number of rotatable bonds is 8. The molecule has 0 aromatic carbocycles. The van der Waals surface area contributed by atoms with Crippen LogP contribution in [0, 0.1) is 23.0 Å². The lowest BCUT2D eigenvalue weighted by Gasteiger charge is -2.09. The number of aryl methyl sites for hydroxylation is 2. The van der Waals surface area contributed by atoms with E-state index in [1.54, 1.807) is 11.6 Å². The van der Waals surface area contributed by atoms with Crippen LogP contribution in [0.2, 0.25) is 0 Å². The average Bonchev–Trinajstić information content (AvgIpc) is 2.72. The van der Waals surface area contributed by atoms with Gasteiger partial charge in [0.05, 0.1) is 4.92 Å². The molecular formula is C13H23N5O3. The number of hydrogen-bond donors (Lipinski definition) is 2. The van der Waals surface area contributed by atoms with Gasteiger partial charge in [0.25, 0.3) is 0 Å². The maximum absolute atomic E-state index is 11.6. The number of anilines is 1. The smallest absolute Gasteiger partial charge is 0.333 e. The average molecular weight is 297 g/mol. The highest BCUT2D eigenvalue weighted by Gasteiger charge is 2.24. The van der Waals surface area contributed by atoms with Gasteiger partial charge in [-0.25, -0.2) is 4.68 Å². The van der Waals surface area contributed by atoms with E-state index in [1.165, 1.54) is 0 Å². The van der Waals surface area contributed by atoms with Crippen LogP contribution < -0.4 is 10.6 Å². The Hall–Kier alpha value is -2.12. The first kappa shape index (κ1) is 16.9. The molecule has 0 fully saturated rings. The van der Waals surface area contributed by atoms with Gasteiger partial charge in [0.1, 0.15) is 5.69 Å². The molecule has 0 atom stereocenters. The summed E-state index contributed by atoms with van der Waals surface area (Å²) in [6.07, 6.45) is 0.262. The number of carbonyl (C=O) groups excluding carboxylic acids is 1. The number of nitro groups is 1. The molecule has 0 bridgehead atoms. The van der Waals surface area contributed by atoms with Gasteiger partial charge >= 0.3 is 5.69 Å². The van der Waals surface area contributed by atoms with E-state index in [2.05, 4.69) is 15.7 Å². The third-order valence-corrected chi connectivity index (χ3v) is 2.93. The molecule has 8 heteroatoms. The van der Waals surface area contributed by atoms with Crippen LogP contribution in [0.1, 0.15) is 32.9 Å². The Bertz CT molecular complexity index is 510. The molecule has 0 aliphatic heterocycles. The summed E-state index contributed by atoms with van der Waals surface area (Å²) in [6, 6.07) is 0. The predicted molar refractivity (Wildman–Crippen MR) is 80.2 cm³/mol. The second kappa shape index (κ2) is 7.61. The summed E-state index contributed by atoms with van der Waals surface area (Å²) in [6.45, 7) is 8.98. The van der Waals surface area contributed by atoms with E-state index in [4.69, 9.17) is 0 Å². The third-order valence-electron chi connectivity index (χ3n) is 2.93. The van der Waals surface area contributed by atoms with Crippen LogP contribution in [0.15, 0.2) is 0 Å². The number of nitrogens with one attached hydrogen (secondary N) is 2. The molecule has 1 aromatic rings. The number of amides is 1. The van der Waals surface area contributed by atoms with Crippen molar-refractivity contribution in [3.63, 3.8) is 0 Å². The topological polar surface area (TPSA) is 102 Å². The lowest BCUT2D eigenvalue weighted by Crippen LogP contribution is -2.28. The molecular weight excluding hydrogens is 274 g/mol. The number of carbonyl (C=O) groups is 1. The lowest BCUT2D eigenvalue weighted by atomic mass is 10.2. The van der Waals surface area contributed by atoms with Crippen molar-refractivity contribution < 1.29 is 9.72 Å². The van der Waals surface area contributed by atoms with Crippen LogP contribution in [0.5, 0.6) is 0 Å². The quantitative estimate of drug-likeness (QED) is 0.561. The van der Waals surface area contributed by atoms with Crippen molar-refractivity contribution in [1.29, 1.82) is 0 Å². The highest BCUT2D eigenvalue weighted by molar-refractivity contribution is 5.76. The van der Waals surface area contributed by atoms with Crippen LogP contribution in [0.25, 0.3) is 0 Å². The summed E-state index contributed by atoms with van der Waals surface area (Å²) in [5.41, 5.74) is 0.341. The van der Waals surface area contributed by atoms with E-state index < -0.39 is 4.92 Å². The molecule has 8 nitrogen and oxygen atoms in total. The molecule has 1 amide bonds. The number of aromatic nitrogens is 2. The van der Waals surface area contributed by atoms with Crippen molar-refractivity contribution in [3.05, 3.63) is 15.8 Å². The van der Waals surface area contributed by atoms with Crippen molar-refractivity contribution in [3.8, 4) is 0 Å². The summed E-state index contributed by atoms with van der Waals surface area (Å²) in [5, 5.41) is 21.0. The molecule has 1 aromatic heterocycles. The van der Waals surface area contributed by atoms with Crippen molar-refractivity contribution >= 4 is 17.4 Å². The second-order valence-corrected chi connectivity index (χ2v) is 5.23. The van der Waals surface area contributed by atoms with Crippen LogP contribution in [-0.2, 0) is 11.3 Å². The van der Waals surface area contributed by atoms with Crippen LogP contribution in [-0.4, -0.2) is 33.7 Å². The first-order chi connectivity index (χ1) is 9.86. The lowest BCUT2D eigenvalue weighted by molar-refractivity contribution is -0.384. The highest BCUT2D eigenvalue weighted by Crippen LogP contribution is 2.27. The molecule has 0 spiro atoms. The molecule has 0 saturated heterocycles. The SMILES string of the molecule is CCn1nc(C)c([N+](=O)[O-])c1NCCC(=O)NCC(C)C. The summed E-state index contributed by atoms with van der Waals surface area (Å²) in [4.78, 5) is 22.2. The van der Waals surface area contributed by atoms with Gasteiger partial charge in [-0.3, -0.25) is 14.9 Å². The van der Waals surface area contributed by atoms with Gasteiger partial charge in [0, 0.05) is 26.1 Å². The maximum atomic E-state index is 11.6. The summed E-state index contributed by atoms with van der Waals surface area (Å²) in [5.74, 6) is 0.682. The molecule has 118 valence electrons. The van der Waals surface area contributed by atoms with Gasteiger partial charge < -0.3 is 10.6 Å². The Morgan fingerprint density at radius 1 is 1.48 bits per heavy atom. The fraction of sp³-hybridized carbons (Fsp3) is 0.692. The van der Waals surface area contributed by atoms with E-state index in [9.17, 15) is 14.9 Å². The second-order valence-electron chi connectivity index (χ2n) is 5.23. The van der Waals surface area contributed by atoms with Gasteiger partial charge in [-0.05, 0) is 19.8 Å². The minimum atomic E-state index is -0.449. The maximum Gasteiger partial charge on any atom is 0.333 e. The third kappa shape index (κ3) is 4.73. The summed E-state index contributed by atoms with van der Waals surface area (Å²) in [7, 11) is 0. The van der Waals surface area contributed by atoms with E-state index in [0.29, 0.717) is 37.1 Å². The minimum Gasteiger partial charge on any atom is -0.364 e. The van der Waals surface area contributed by atoms with Crippen LogP contribution >= 0.6 is 0 Å². The summed E-state index contributed by atoms with van der Waals surface area (Å²) >= 11 is 0. The molecule has 0 aliphatic carbocycles. The van der Waals surface area contributed by atoms with E-state index in [-0.39, 0.29) is 18.0 Å². The largest absolute Gasteiger partial charge is 0.364 e. The summed E-state index contributed by atoms with van der Waals surface area (Å²) < 4.78 is 1.54. The zero-order valence-corrected chi connectivity index (χ0v) is 13.0. The molecule has 1 heterocycles. The van der Waals surface area contributed by atoms with E-state index in [0.717, 1.165) is 0 Å². The standard InChI is InChI=1S/C13H23N5O3/c1-5-17-13(12(18(20)21)10(4)16-17)14-7-6-11(19)15-8-9(2)3/h9,14H,5-8H2,1-4H3,(H,15,19). The zero-order chi connectivity index (χ0) is 16.0. The highest BCUT2D eigenvalue weighted by atomic mass is 16.6. The molecule has 0 aliphatic rings. The first-order valence-corrected chi connectivity index (χ1v) is 7.09. The van der Waals surface area contributed by atoms with Crippen molar-refractivity contribution in [2.45, 2.75) is 40.7 Å². The molecule has 0 saturated carbocycles. The first-order valence-electron chi connectivity index (χ1n) is 7.09. The number of hydrogen-bond acceptors (Lipinski definition) is 5. The van der Waals surface area contributed by atoms with E-state index in [1.807, 2.05) is 20.8 Å².